The van der Waals surface area contributed by atoms with E-state index in [4.69, 9.17) is 5.73 Å². The van der Waals surface area contributed by atoms with Crippen molar-refractivity contribution in [2.75, 3.05) is 6.54 Å². The number of rotatable bonds is 4. The molecule has 0 aliphatic heterocycles. The lowest BCUT2D eigenvalue weighted by molar-refractivity contribution is -0.125. The largest absolute Gasteiger partial charge is 0.329 e. The molecule has 0 spiro atoms. The van der Waals surface area contributed by atoms with Crippen LogP contribution in [0.15, 0.2) is 30.3 Å². The topological polar surface area (TPSA) is 43.1 Å². The number of ketones is 1. The smallest absolute Gasteiger partial charge is 0.144 e. The maximum absolute atomic E-state index is 12.6. The summed E-state index contributed by atoms with van der Waals surface area (Å²) < 4.78 is 0. The van der Waals surface area contributed by atoms with Crippen molar-refractivity contribution in [1.82, 2.24) is 0 Å². The third kappa shape index (κ3) is 2.99. The van der Waals surface area contributed by atoms with E-state index in [0.29, 0.717) is 18.2 Å². The van der Waals surface area contributed by atoms with E-state index in [1.54, 1.807) is 0 Å². The highest BCUT2D eigenvalue weighted by Crippen LogP contribution is 2.32. The first-order valence-corrected chi connectivity index (χ1v) is 7.01. The van der Waals surface area contributed by atoms with Gasteiger partial charge in [-0.2, -0.15) is 0 Å². The SMILES string of the molecule is CC1CCCC(C(=O)C(CN)c2ccccc2)C1. The molecule has 0 saturated heterocycles. The van der Waals surface area contributed by atoms with Crippen molar-refractivity contribution in [3.63, 3.8) is 0 Å². The standard InChI is InChI=1S/C16H23NO/c1-12-6-5-9-14(10-12)16(18)15(11-17)13-7-3-2-4-8-13/h2-4,7-8,12,14-15H,5-6,9-11,17H2,1H3. The Morgan fingerprint density at radius 2 is 2.06 bits per heavy atom. The van der Waals surface area contributed by atoms with Crippen LogP contribution in [0.2, 0.25) is 0 Å². The van der Waals surface area contributed by atoms with Gasteiger partial charge in [0.1, 0.15) is 5.78 Å². The summed E-state index contributed by atoms with van der Waals surface area (Å²) in [5, 5.41) is 0. The molecule has 0 radical (unpaired) electrons. The van der Waals surface area contributed by atoms with Gasteiger partial charge in [-0.3, -0.25) is 4.79 Å². The van der Waals surface area contributed by atoms with E-state index in [1.807, 2.05) is 30.3 Å². The van der Waals surface area contributed by atoms with Crippen molar-refractivity contribution in [3.05, 3.63) is 35.9 Å². The molecule has 1 aromatic rings. The zero-order valence-corrected chi connectivity index (χ0v) is 11.1. The van der Waals surface area contributed by atoms with E-state index >= 15 is 0 Å². The number of carbonyl (C=O) groups excluding carboxylic acids is 1. The average molecular weight is 245 g/mol. The summed E-state index contributed by atoms with van der Waals surface area (Å²) in [6.07, 6.45) is 4.54. The number of Topliss-reactive ketones (excluding diaryl/α,β-unsaturated/α-hetero) is 1. The van der Waals surface area contributed by atoms with Crippen LogP contribution in [0, 0.1) is 11.8 Å². The highest BCUT2D eigenvalue weighted by atomic mass is 16.1. The maximum Gasteiger partial charge on any atom is 0.144 e. The van der Waals surface area contributed by atoms with Crippen LogP contribution in [-0.2, 0) is 4.79 Å². The summed E-state index contributed by atoms with van der Waals surface area (Å²) >= 11 is 0. The Morgan fingerprint density at radius 1 is 1.33 bits per heavy atom. The molecule has 3 atom stereocenters. The molecule has 2 N–H and O–H groups in total. The highest BCUT2D eigenvalue weighted by molar-refractivity contribution is 5.88. The fourth-order valence-electron chi connectivity index (χ4n) is 3.08. The zero-order chi connectivity index (χ0) is 13.0. The van der Waals surface area contributed by atoms with Crippen LogP contribution >= 0.6 is 0 Å². The number of carbonyl (C=O) groups is 1. The fourth-order valence-corrected chi connectivity index (χ4v) is 3.08. The lowest BCUT2D eigenvalue weighted by Crippen LogP contribution is -2.30. The average Bonchev–Trinajstić information content (AvgIpc) is 2.41. The van der Waals surface area contributed by atoms with E-state index in [9.17, 15) is 4.79 Å². The van der Waals surface area contributed by atoms with Gasteiger partial charge in [0, 0.05) is 12.5 Å². The Morgan fingerprint density at radius 3 is 2.67 bits per heavy atom. The van der Waals surface area contributed by atoms with Gasteiger partial charge in [0.2, 0.25) is 0 Å². The molecule has 1 fully saturated rings. The van der Waals surface area contributed by atoms with Crippen LogP contribution in [0.3, 0.4) is 0 Å². The van der Waals surface area contributed by atoms with E-state index in [2.05, 4.69) is 6.92 Å². The molecule has 3 unspecified atom stereocenters. The Balaban J connectivity index is 2.10. The first kappa shape index (κ1) is 13.3. The summed E-state index contributed by atoms with van der Waals surface area (Å²) in [6, 6.07) is 9.97. The van der Waals surface area contributed by atoms with Crippen LogP contribution in [0.4, 0.5) is 0 Å². The van der Waals surface area contributed by atoms with Gasteiger partial charge in [-0.05, 0) is 24.3 Å². The van der Waals surface area contributed by atoms with Crippen molar-refractivity contribution >= 4 is 5.78 Å². The Hall–Kier alpha value is -1.15. The minimum atomic E-state index is -0.110. The first-order valence-electron chi connectivity index (χ1n) is 7.01. The van der Waals surface area contributed by atoms with Gasteiger partial charge in [0.05, 0.1) is 5.92 Å². The van der Waals surface area contributed by atoms with E-state index in [-0.39, 0.29) is 11.8 Å². The number of nitrogens with two attached hydrogens (primary N) is 1. The number of hydrogen-bond acceptors (Lipinski definition) is 2. The van der Waals surface area contributed by atoms with Crippen LogP contribution in [0.25, 0.3) is 0 Å². The molecule has 1 aliphatic carbocycles. The highest BCUT2D eigenvalue weighted by Gasteiger charge is 2.30. The molecule has 1 saturated carbocycles. The second kappa shape index (κ2) is 6.14. The zero-order valence-electron chi connectivity index (χ0n) is 11.1. The van der Waals surface area contributed by atoms with Gasteiger partial charge < -0.3 is 5.73 Å². The second-order valence-corrected chi connectivity index (χ2v) is 5.57. The van der Waals surface area contributed by atoms with E-state index in [1.165, 1.54) is 12.8 Å². The molecule has 1 aromatic carbocycles. The fraction of sp³-hybridized carbons (Fsp3) is 0.562. The molecule has 0 aromatic heterocycles. The molecule has 1 aliphatic rings. The van der Waals surface area contributed by atoms with Crippen LogP contribution in [-0.4, -0.2) is 12.3 Å². The summed E-state index contributed by atoms with van der Waals surface area (Å²) in [4.78, 5) is 12.6. The van der Waals surface area contributed by atoms with Crippen molar-refractivity contribution < 1.29 is 4.79 Å². The molecule has 2 rings (SSSR count). The molecule has 2 heteroatoms. The number of hydrogen-bond donors (Lipinski definition) is 1. The van der Waals surface area contributed by atoms with Crippen LogP contribution < -0.4 is 5.73 Å². The predicted molar refractivity (Wildman–Crippen MR) is 74.4 cm³/mol. The summed E-state index contributed by atoms with van der Waals surface area (Å²) in [5.41, 5.74) is 6.90. The monoisotopic (exact) mass is 245 g/mol. The molecule has 18 heavy (non-hydrogen) atoms. The minimum absolute atomic E-state index is 0.110. The summed E-state index contributed by atoms with van der Waals surface area (Å²) in [7, 11) is 0. The predicted octanol–water partition coefficient (Wildman–Crippen LogP) is 3.12. The maximum atomic E-state index is 12.6. The van der Waals surface area contributed by atoms with Gasteiger partial charge in [-0.25, -0.2) is 0 Å². The Labute approximate surface area is 110 Å². The molecular weight excluding hydrogens is 222 g/mol. The quantitative estimate of drug-likeness (QED) is 0.885. The Kier molecular flexibility index (Phi) is 4.54. The minimum Gasteiger partial charge on any atom is -0.329 e. The van der Waals surface area contributed by atoms with Gasteiger partial charge in [-0.1, -0.05) is 50.1 Å². The van der Waals surface area contributed by atoms with Crippen LogP contribution in [0.5, 0.6) is 0 Å². The summed E-state index contributed by atoms with van der Waals surface area (Å²) in [5.74, 6) is 1.15. The van der Waals surface area contributed by atoms with Crippen molar-refractivity contribution in [2.45, 2.75) is 38.5 Å². The van der Waals surface area contributed by atoms with Gasteiger partial charge >= 0.3 is 0 Å². The normalized spacial score (nSPS) is 25.7. The van der Waals surface area contributed by atoms with Crippen molar-refractivity contribution in [3.8, 4) is 0 Å². The van der Waals surface area contributed by atoms with E-state index in [0.717, 1.165) is 18.4 Å². The molecule has 0 heterocycles. The van der Waals surface area contributed by atoms with Gasteiger partial charge in [-0.15, -0.1) is 0 Å². The third-order valence-corrected chi connectivity index (χ3v) is 4.12. The molecular formula is C16H23NO. The second-order valence-electron chi connectivity index (χ2n) is 5.57. The van der Waals surface area contributed by atoms with Gasteiger partial charge in [0.15, 0.2) is 0 Å². The molecule has 2 nitrogen and oxygen atoms in total. The third-order valence-electron chi connectivity index (χ3n) is 4.12. The first-order chi connectivity index (χ1) is 8.72. The van der Waals surface area contributed by atoms with Crippen molar-refractivity contribution in [2.24, 2.45) is 17.6 Å². The summed E-state index contributed by atoms with van der Waals surface area (Å²) in [6.45, 7) is 2.67. The lowest BCUT2D eigenvalue weighted by Gasteiger charge is -2.28. The molecule has 0 amide bonds. The molecule has 0 bridgehead atoms. The lowest BCUT2D eigenvalue weighted by atomic mass is 9.76. The van der Waals surface area contributed by atoms with Gasteiger partial charge in [0.25, 0.3) is 0 Å². The molecule has 98 valence electrons. The number of benzene rings is 1. The van der Waals surface area contributed by atoms with Crippen molar-refractivity contribution in [1.29, 1.82) is 0 Å². The van der Waals surface area contributed by atoms with Crippen LogP contribution in [0.1, 0.15) is 44.1 Å². The Bertz CT molecular complexity index is 387. The van der Waals surface area contributed by atoms with E-state index < -0.39 is 0 Å².